The van der Waals surface area contributed by atoms with Crippen molar-refractivity contribution in [2.75, 3.05) is 26.4 Å². The highest BCUT2D eigenvalue weighted by Gasteiger charge is 2.40. The summed E-state index contributed by atoms with van der Waals surface area (Å²) >= 11 is 0. The molecule has 0 aromatic carbocycles. The maximum absolute atomic E-state index is 9.63. The maximum atomic E-state index is 9.63. The third kappa shape index (κ3) is 2.38. The molecule has 0 aromatic rings. The standard InChI is InChI=1S/C14H25NO2/c16-10-14(3-5-17-6-4-14)15-9-13-8-11-1-2-12(13)7-11/h11-13,15-16H,1-10H2. The Bertz CT molecular complexity index is 263. The van der Waals surface area contributed by atoms with Crippen LogP contribution in [-0.4, -0.2) is 37.0 Å². The number of rotatable bonds is 4. The van der Waals surface area contributed by atoms with Crippen LogP contribution in [0.25, 0.3) is 0 Å². The summed E-state index contributed by atoms with van der Waals surface area (Å²) in [5, 5.41) is 13.3. The Balaban J connectivity index is 1.52. The minimum Gasteiger partial charge on any atom is -0.394 e. The van der Waals surface area contributed by atoms with E-state index >= 15 is 0 Å². The van der Waals surface area contributed by atoms with Gasteiger partial charge in [0.15, 0.2) is 0 Å². The number of fused-ring (bicyclic) bond motifs is 2. The number of ether oxygens (including phenoxy) is 1. The molecule has 1 saturated heterocycles. The SMILES string of the molecule is OCC1(NCC2CC3CCC2C3)CCOCC1. The molecule has 2 saturated carbocycles. The fourth-order valence-electron chi connectivity index (χ4n) is 4.13. The normalized spacial score (nSPS) is 39.7. The molecule has 3 heteroatoms. The van der Waals surface area contributed by atoms with Gasteiger partial charge in [0.2, 0.25) is 0 Å². The molecule has 2 aliphatic carbocycles. The van der Waals surface area contributed by atoms with Crippen LogP contribution in [0, 0.1) is 17.8 Å². The van der Waals surface area contributed by atoms with E-state index in [-0.39, 0.29) is 12.1 Å². The fourth-order valence-corrected chi connectivity index (χ4v) is 4.13. The van der Waals surface area contributed by atoms with Crippen molar-refractivity contribution in [3.05, 3.63) is 0 Å². The van der Waals surface area contributed by atoms with Gasteiger partial charge in [0.1, 0.15) is 0 Å². The molecule has 3 fully saturated rings. The van der Waals surface area contributed by atoms with E-state index in [1.54, 1.807) is 0 Å². The molecule has 3 atom stereocenters. The van der Waals surface area contributed by atoms with Gasteiger partial charge < -0.3 is 15.2 Å². The van der Waals surface area contributed by atoms with E-state index in [1.807, 2.05) is 0 Å². The highest BCUT2D eigenvalue weighted by molar-refractivity contribution is 4.95. The Hall–Kier alpha value is -0.120. The molecule has 98 valence electrons. The molecule has 17 heavy (non-hydrogen) atoms. The van der Waals surface area contributed by atoms with Crippen LogP contribution in [0.15, 0.2) is 0 Å². The Labute approximate surface area is 104 Å². The third-order valence-corrected chi connectivity index (χ3v) is 5.38. The maximum Gasteiger partial charge on any atom is 0.0615 e. The molecule has 0 spiro atoms. The molecule has 0 radical (unpaired) electrons. The van der Waals surface area contributed by atoms with Gasteiger partial charge in [-0.15, -0.1) is 0 Å². The average Bonchev–Trinajstić information content (AvgIpc) is 3.00. The minimum absolute atomic E-state index is 0.0416. The number of hydrogen-bond donors (Lipinski definition) is 2. The molecular formula is C14H25NO2. The lowest BCUT2D eigenvalue weighted by molar-refractivity contribution is 0.00925. The summed E-state index contributed by atoms with van der Waals surface area (Å²) in [7, 11) is 0. The van der Waals surface area contributed by atoms with E-state index in [1.165, 1.54) is 25.7 Å². The topological polar surface area (TPSA) is 41.5 Å². The monoisotopic (exact) mass is 239 g/mol. The predicted molar refractivity (Wildman–Crippen MR) is 66.8 cm³/mol. The van der Waals surface area contributed by atoms with Crippen molar-refractivity contribution in [3.8, 4) is 0 Å². The Morgan fingerprint density at radius 3 is 2.59 bits per heavy atom. The summed E-state index contributed by atoms with van der Waals surface area (Å²) in [6.07, 6.45) is 7.75. The molecule has 2 N–H and O–H groups in total. The van der Waals surface area contributed by atoms with Crippen LogP contribution in [-0.2, 0) is 4.74 Å². The number of aliphatic hydroxyl groups is 1. The molecule has 2 bridgehead atoms. The number of hydrogen-bond acceptors (Lipinski definition) is 3. The summed E-state index contributed by atoms with van der Waals surface area (Å²) in [5.74, 6) is 2.87. The number of aliphatic hydroxyl groups excluding tert-OH is 1. The van der Waals surface area contributed by atoms with Crippen molar-refractivity contribution in [3.63, 3.8) is 0 Å². The second kappa shape index (κ2) is 4.87. The van der Waals surface area contributed by atoms with Gasteiger partial charge in [-0.05, 0) is 56.4 Å². The third-order valence-electron chi connectivity index (χ3n) is 5.38. The van der Waals surface area contributed by atoms with E-state index in [9.17, 15) is 5.11 Å². The van der Waals surface area contributed by atoms with E-state index in [2.05, 4.69) is 5.32 Å². The quantitative estimate of drug-likeness (QED) is 0.782. The van der Waals surface area contributed by atoms with E-state index in [0.717, 1.165) is 50.4 Å². The van der Waals surface area contributed by atoms with Crippen LogP contribution in [0.1, 0.15) is 38.5 Å². The lowest BCUT2D eigenvalue weighted by Crippen LogP contribution is -2.53. The minimum atomic E-state index is -0.0416. The van der Waals surface area contributed by atoms with Crippen molar-refractivity contribution in [1.29, 1.82) is 0 Å². The first kappa shape index (κ1) is 11.9. The Kier molecular flexibility index (Phi) is 3.42. The van der Waals surface area contributed by atoms with Crippen LogP contribution in [0.3, 0.4) is 0 Å². The smallest absolute Gasteiger partial charge is 0.0615 e. The molecule has 3 nitrogen and oxygen atoms in total. The van der Waals surface area contributed by atoms with Gasteiger partial charge in [0.05, 0.1) is 6.61 Å². The van der Waals surface area contributed by atoms with Crippen molar-refractivity contribution in [2.24, 2.45) is 17.8 Å². The molecule has 0 aromatic heterocycles. The van der Waals surface area contributed by atoms with Gasteiger partial charge >= 0.3 is 0 Å². The zero-order valence-electron chi connectivity index (χ0n) is 10.7. The van der Waals surface area contributed by atoms with Crippen molar-refractivity contribution >= 4 is 0 Å². The van der Waals surface area contributed by atoms with Gasteiger partial charge in [0, 0.05) is 18.8 Å². The molecule has 3 rings (SSSR count). The molecule has 3 unspecified atom stereocenters. The Morgan fingerprint density at radius 2 is 2.00 bits per heavy atom. The summed E-state index contributed by atoms with van der Waals surface area (Å²) in [6, 6.07) is 0. The largest absolute Gasteiger partial charge is 0.394 e. The highest BCUT2D eigenvalue weighted by Crippen LogP contribution is 2.48. The highest BCUT2D eigenvalue weighted by atomic mass is 16.5. The Morgan fingerprint density at radius 1 is 1.18 bits per heavy atom. The van der Waals surface area contributed by atoms with E-state index in [0.29, 0.717) is 0 Å². The van der Waals surface area contributed by atoms with Gasteiger partial charge in [-0.3, -0.25) is 0 Å². The predicted octanol–water partition coefficient (Wildman–Crippen LogP) is 1.55. The van der Waals surface area contributed by atoms with Crippen molar-refractivity contribution < 1.29 is 9.84 Å². The van der Waals surface area contributed by atoms with Crippen LogP contribution in [0.5, 0.6) is 0 Å². The average molecular weight is 239 g/mol. The summed E-state index contributed by atoms with van der Waals surface area (Å²) in [6.45, 7) is 2.97. The second-order valence-electron chi connectivity index (χ2n) is 6.37. The molecule has 0 amide bonds. The van der Waals surface area contributed by atoms with Crippen molar-refractivity contribution in [1.82, 2.24) is 5.32 Å². The van der Waals surface area contributed by atoms with Crippen LogP contribution >= 0.6 is 0 Å². The summed E-state index contributed by atoms with van der Waals surface area (Å²) in [4.78, 5) is 0. The molecule has 1 heterocycles. The van der Waals surface area contributed by atoms with Crippen LogP contribution < -0.4 is 5.32 Å². The zero-order valence-corrected chi connectivity index (χ0v) is 10.7. The van der Waals surface area contributed by atoms with Crippen LogP contribution in [0.4, 0.5) is 0 Å². The van der Waals surface area contributed by atoms with Gasteiger partial charge in [0.25, 0.3) is 0 Å². The first-order chi connectivity index (χ1) is 8.31. The lowest BCUT2D eigenvalue weighted by atomic mass is 9.86. The molecule has 1 aliphatic heterocycles. The summed E-state index contributed by atoms with van der Waals surface area (Å²) < 4.78 is 5.40. The molecule has 3 aliphatic rings. The zero-order chi connectivity index (χ0) is 11.7. The first-order valence-corrected chi connectivity index (χ1v) is 7.25. The van der Waals surface area contributed by atoms with Gasteiger partial charge in [-0.25, -0.2) is 0 Å². The van der Waals surface area contributed by atoms with Gasteiger partial charge in [-0.2, -0.15) is 0 Å². The number of nitrogens with one attached hydrogen (secondary N) is 1. The fraction of sp³-hybridized carbons (Fsp3) is 1.00. The first-order valence-electron chi connectivity index (χ1n) is 7.25. The molecular weight excluding hydrogens is 214 g/mol. The van der Waals surface area contributed by atoms with Crippen LogP contribution in [0.2, 0.25) is 0 Å². The van der Waals surface area contributed by atoms with Crippen molar-refractivity contribution in [2.45, 2.75) is 44.1 Å². The second-order valence-corrected chi connectivity index (χ2v) is 6.37. The van der Waals surface area contributed by atoms with E-state index < -0.39 is 0 Å². The van der Waals surface area contributed by atoms with E-state index in [4.69, 9.17) is 4.74 Å². The lowest BCUT2D eigenvalue weighted by Gasteiger charge is -2.38. The summed E-state index contributed by atoms with van der Waals surface area (Å²) in [5.41, 5.74) is -0.0416. The van der Waals surface area contributed by atoms with Gasteiger partial charge in [-0.1, -0.05) is 6.42 Å².